The van der Waals surface area contributed by atoms with E-state index in [1.807, 2.05) is 20.8 Å². The molecule has 0 saturated heterocycles. The van der Waals surface area contributed by atoms with Crippen LogP contribution in [0.15, 0.2) is 22.3 Å². The number of hydrogen-bond acceptors (Lipinski definition) is 11. The van der Waals surface area contributed by atoms with E-state index in [4.69, 9.17) is 48.9 Å². The highest BCUT2D eigenvalue weighted by atomic mass is 17.2. The zero-order valence-corrected chi connectivity index (χ0v) is 52.0. The molecule has 11 nitrogen and oxygen atoms in total. The summed E-state index contributed by atoms with van der Waals surface area (Å²) >= 11 is 0. The number of hydrogen-bond donors (Lipinski definition) is 1. The summed E-state index contributed by atoms with van der Waals surface area (Å²) in [5, 5.41) is 68.3. The monoisotopic (exact) mass is 1180 g/mol. The van der Waals surface area contributed by atoms with E-state index in [-0.39, 0.29) is 0 Å². The van der Waals surface area contributed by atoms with Gasteiger partial charge in [-0.3, -0.25) is 0 Å². The van der Waals surface area contributed by atoms with E-state index in [0.717, 1.165) is 104 Å². The zero-order valence-electron chi connectivity index (χ0n) is 52.0. The van der Waals surface area contributed by atoms with E-state index in [9.17, 15) is 0 Å². The molecule has 91 heavy (non-hydrogen) atoms. The highest BCUT2D eigenvalue weighted by Gasteiger charge is 2.91. The van der Waals surface area contributed by atoms with Crippen LogP contribution in [0, 0.1) is 0 Å². The molecule has 11 aliphatic rings. The minimum Gasteiger partial charge on any atom is -0.376 e. The van der Waals surface area contributed by atoms with Crippen molar-refractivity contribution in [1.29, 1.82) is 0 Å². The van der Waals surface area contributed by atoms with E-state index in [0.29, 0.717) is 16.7 Å². The quantitative estimate of drug-likeness (QED) is 0.0802. The van der Waals surface area contributed by atoms with Gasteiger partial charge in [-0.25, -0.2) is 48.9 Å². The van der Waals surface area contributed by atoms with E-state index < -0.39 is 61.6 Å². The summed E-state index contributed by atoms with van der Waals surface area (Å²) in [4.78, 5) is 78.5. The summed E-state index contributed by atoms with van der Waals surface area (Å²) < 4.78 is 0. The second-order valence-electron chi connectivity index (χ2n) is 35.8. The lowest BCUT2D eigenvalue weighted by Gasteiger charge is -2.61. The highest BCUT2D eigenvalue weighted by Crippen LogP contribution is 2.92. The Bertz CT molecular complexity index is 7530. The average molecular weight is 1180 g/mol. The lowest BCUT2D eigenvalue weighted by Crippen LogP contribution is -2.70. The smallest absolute Gasteiger partial charge is 0.196 e. The maximum atomic E-state index is 16.8. The molecule has 0 fully saturated rings. The van der Waals surface area contributed by atoms with Crippen LogP contribution in [0.5, 0.6) is 0 Å². The minimum absolute atomic E-state index is 0.553. The van der Waals surface area contributed by atoms with Gasteiger partial charge in [0.25, 0.3) is 0 Å². The molecule has 11 aliphatic carbocycles. The molecule has 0 aliphatic heterocycles. The predicted octanol–water partition coefficient (Wildman–Crippen LogP) is 18.5. The summed E-state index contributed by atoms with van der Waals surface area (Å²) in [7, 11) is 0. The van der Waals surface area contributed by atoms with E-state index in [1.54, 1.807) is 0 Å². The Hall–Kier alpha value is -7.46. The lowest BCUT2D eigenvalue weighted by molar-refractivity contribution is -0.479. The first-order valence-electron chi connectivity index (χ1n) is 33.1. The Kier molecular flexibility index (Phi) is 5.01. The summed E-state index contributed by atoms with van der Waals surface area (Å²) in [5.41, 5.74) is -3.10. The Balaban J connectivity index is 1.05. The van der Waals surface area contributed by atoms with Crippen LogP contribution in [0.4, 0.5) is 0 Å². The fourth-order valence-electron chi connectivity index (χ4n) is 26.0. The number of rotatable bonds is 10. The fourth-order valence-corrected chi connectivity index (χ4v) is 26.0. The topological polar surface area (TPSA) is 113 Å². The molecule has 32 rings (SSSR count). The zero-order chi connectivity index (χ0) is 59.7. The second kappa shape index (κ2) is 10.3. The average Bonchev–Trinajstić information content (AvgIpc) is 1.37. The van der Waals surface area contributed by atoms with Gasteiger partial charge in [-0.2, -0.15) is 0 Å². The van der Waals surface area contributed by atoms with Crippen LogP contribution in [-0.2, 0) is 76.9 Å². The summed E-state index contributed by atoms with van der Waals surface area (Å²) in [5.74, 6) is 0. The van der Waals surface area contributed by atoms with Crippen LogP contribution >= 0.6 is 0 Å². The maximum Gasteiger partial charge on any atom is 0.196 e. The van der Waals surface area contributed by atoms with Crippen molar-refractivity contribution < 1.29 is 54.0 Å². The van der Waals surface area contributed by atoms with Gasteiger partial charge in [-0.15, -0.1) is 0 Å². The second-order valence-corrected chi connectivity index (χ2v) is 35.8. The Morgan fingerprint density at radius 2 is 0.385 bits per heavy atom. The standard InChI is InChI=1S/C80H46O11/c1-70(2,3)82-87-76-58-48-38-28-21-16-17-20-19-18(16)23-29(28)39-40-30(23)31-24(19)32-33-25(20)35-34-22(17)27-26(21)36(38)46-47-37(27)44(34)54-55-45(35)43(33)53-52-42(32)41(31)51-50(40)60(59(76)49(39)48)77(88-83-71(4,5)6)61(51)62(52)78(89-84-72(7,8)9)63(53)65(55)79(90-85-73(10,11)12)64(54)57(47)75(81,56(46)58)68-66(76)67(77)69(78)80(68,79)91-86-74(13,14)15/h81H,1-15H3/t75-,76+,77+,78+,79-,80+/m0/s1. The first-order valence-corrected chi connectivity index (χ1v) is 33.1. The van der Waals surface area contributed by atoms with Crippen LogP contribution in [0.3, 0.4) is 0 Å². The number of aliphatic hydroxyl groups is 1. The molecular formula is C80H46O11. The largest absolute Gasteiger partial charge is 0.376 e. The lowest BCUT2D eigenvalue weighted by atomic mass is 9.49. The molecule has 11 heteroatoms. The molecule has 6 atom stereocenters. The molecule has 21 aromatic rings. The summed E-state index contributed by atoms with van der Waals surface area (Å²) in [6.07, 6.45) is 0. The molecule has 0 spiro atoms. The van der Waals surface area contributed by atoms with Crippen molar-refractivity contribution in [1.82, 2.24) is 0 Å². The summed E-state index contributed by atoms with van der Waals surface area (Å²) in [6, 6.07) is 0. The Labute approximate surface area is 510 Å². The van der Waals surface area contributed by atoms with E-state index in [2.05, 4.69) is 83.1 Å². The molecule has 1 N–H and O–H groups in total. The Morgan fingerprint density at radius 1 is 0.198 bits per heavy atom. The SMILES string of the molecule is CC(C)(C)OO[C@]12C3=C4[C@]5(O)c6c1c1c7c2c2c8c9c%10c%11c%12c%13c%14c%15c%16c%17c(c5c5c6c6c1c1c%18c7c8c7c8c9c%12c9c%12c%13c%16c%13c%16c%17c5c5c6c1c1c(c%187)c(c89)c(c%12%13)c1c5%16)[C@@]%15(OOC(C)(C)C)[C@]4(OOC(C)(C)C)C(=C3[C@@]2%10OOC(C)(C)C)[C@@]%11%14OOC(C)(C)C. The van der Waals surface area contributed by atoms with Gasteiger partial charge in [-0.1, -0.05) is 0 Å². The fraction of sp³-hybridized carbons (Fsp3) is 0.325. The van der Waals surface area contributed by atoms with Crippen LogP contribution in [0.1, 0.15) is 159 Å². The Morgan fingerprint density at radius 3 is 0.692 bits per heavy atom. The first-order chi connectivity index (χ1) is 43.2. The van der Waals surface area contributed by atoms with Gasteiger partial charge in [0.15, 0.2) is 28.0 Å². The van der Waals surface area contributed by atoms with Gasteiger partial charge in [0.1, 0.15) is 5.60 Å². The van der Waals surface area contributed by atoms with Crippen molar-refractivity contribution in [2.45, 2.75) is 165 Å². The molecule has 0 radical (unpaired) electrons. The molecular weight excluding hydrogens is 1140 g/mol. The molecule has 0 heterocycles. The first kappa shape index (κ1) is 44.1. The van der Waals surface area contributed by atoms with Crippen LogP contribution in [-0.4, -0.2) is 38.7 Å². The van der Waals surface area contributed by atoms with Crippen molar-refractivity contribution >= 4 is 215 Å². The molecule has 432 valence electrons. The molecule has 0 bridgehead atoms. The van der Waals surface area contributed by atoms with Gasteiger partial charge < -0.3 is 5.11 Å². The van der Waals surface area contributed by atoms with Gasteiger partial charge >= 0.3 is 0 Å². The summed E-state index contributed by atoms with van der Waals surface area (Å²) in [6.45, 7) is 31.0. The van der Waals surface area contributed by atoms with Gasteiger partial charge in [0.05, 0.1) is 28.0 Å². The molecule has 0 aromatic heterocycles. The normalized spacial score (nSPS) is 28.6. The third kappa shape index (κ3) is 2.97. The van der Waals surface area contributed by atoms with E-state index in [1.165, 1.54) is 172 Å². The number of benzene rings is 15. The van der Waals surface area contributed by atoms with Crippen molar-refractivity contribution in [3.8, 4) is 0 Å². The van der Waals surface area contributed by atoms with Crippen LogP contribution in [0.2, 0.25) is 0 Å². The maximum absolute atomic E-state index is 16.8. The van der Waals surface area contributed by atoms with Crippen LogP contribution < -0.4 is 0 Å². The van der Waals surface area contributed by atoms with Crippen LogP contribution in [0.25, 0.3) is 215 Å². The molecule has 0 amide bonds. The van der Waals surface area contributed by atoms with Crippen molar-refractivity contribution in [3.63, 3.8) is 0 Å². The van der Waals surface area contributed by atoms with Crippen molar-refractivity contribution in [2.24, 2.45) is 0 Å². The van der Waals surface area contributed by atoms with Gasteiger partial charge in [0, 0.05) is 77.9 Å². The van der Waals surface area contributed by atoms with Crippen molar-refractivity contribution in [3.05, 3.63) is 77.9 Å². The molecule has 0 unspecified atom stereocenters. The molecule has 21 aromatic carbocycles. The molecule has 0 saturated carbocycles. The third-order valence-electron chi connectivity index (χ3n) is 26.5. The van der Waals surface area contributed by atoms with E-state index >= 15 is 5.11 Å². The van der Waals surface area contributed by atoms with Gasteiger partial charge in [0.2, 0.25) is 0 Å². The predicted molar refractivity (Wildman–Crippen MR) is 350 cm³/mol. The highest BCUT2D eigenvalue weighted by molar-refractivity contribution is 6.77. The van der Waals surface area contributed by atoms with Crippen molar-refractivity contribution in [2.75, 3.05) is 0 Å². The minimum atomic E-state index is -2.04. The third-order valence-corrected chi connectivity index (χ3v) is 26.5. The van der Waals surface area contributed by atoms with Gasteiger partial charge in [-0.05, 0) is 319 Å².